The van der Waals surface area contributed by atoms with Crippen LogP contribution in [0.4, 0.5) is 14.6 Å². The zero-order valence-corrected chi connectivity index (χ0v) is 13.8. The van der Waals surface area contributed by atoms with Crippen LogP contribution in [0.1, 0.15) is 24.6 Å². The van der Waals surface area contributed by atoms with Crippen molar-refractivity contribution in [1.82, 2.24) is 15.3 Å². The Bertz CT molecular complexity index is 938. The number of nitrogens with zero attached hydrogens (tertiary/aromatic N) is 2. The van der Waals surface area contributed by atoms with Gasteiger partial charge in [0.2, 0.25) is 0 Å². The highest BCUT2D eigenvalue weighted by molar-refractivity contribution is 5.80. The van der Waals surface area contributed by atoms with E-state index >= 15 is 0 Å². The van der Waals surface area contributed by atoms with Crippen LogP contribution < -0.4 is 11.1 Å². The van der Waals surface area contributed by atoms with Crippen LogP contribution in [0, 0.1) is 11.6 Å². The van der Waals surface area contributed by atoms with Gasteiger partial charge in [0.15, 0.2) is 17.5 Å². The van der Waals surface area contributed by atoms with Crippen molar-refractivity contribution in [3.05, 3.63) is 71.4 Å². The number of hydrogen-bond acceptors (Lipinski definition) is 4. The molecule has 0 atom stereocenters. The summed E-state index contributed by atoms with van der Waals surface area (Å²) in [6, 6.07) is 11.5. The second-order valence-electron chi connectivity index (χ2n) is 5.54. The van der Waals surface area contributed by atoms with E-state index in [0.717, 1.165) is 12.5 Å². The Morgan fingerprint density at radius 3 is 2.52 bits per heavy atom. The molecule has 3 aromatic rings. The Hall–Kier alpha value is -3.02. The summed E-state index contributed by atoms with van der Waals surface area (Å²) in [6.45, 7) is 2.08. The number of nitrogens with two attached hydrogens (primary N) is 1. The van der Waals surface area contributed by atoms with Crippen LogP contribution in [0.25, 0.3) is 16.7 Å². The van der Waals surface area contributed by atoms with Gasteiger partial charge in [0, 0.05) is 12.1 Å². The first-order valence-electron chi connectivity index (χ1n) is 7.99. The monoisotopic (exact) mass is 340 g/mol. The van der Waals surface area contributed by atoms with E-state index in [0.29, 0.717) is 22.4 Å². The van der Waals surface area contributed by atoms with E-state index in [4.69, 9.17) is 5.73 Å². The number of rotatable bonds is 5. The molecule has 3 rings (SSSR count). The average Bonchev–Trinajstić information content (AvgIpc) is 2.61. The molecule has 0 unspecified atom stereocenters. The van der Waals surface area contributed by atoms with Crippen molar-refractivity contribution < 1.29 is 8.78 Å². The van der Waals surface area contributed by atoms with E-state index in [-0.39, 0.29) is 17.9 Å². The number of aromatic nitrogens is 2. The van der Waals surface area contributed by atoms with E-state index in [2.05, 4.69) is 15.3 Å². The lowest BCUT2D eigenvalue weighted by molar-refractivity contribution is 0.497. The highest BCUT2D eigenvalue weighted by Crippen LogP contribution is 2.21. The lowest BCUT2D eigenvalue weighted by Gasteiger charge is -2.13. The topological polar surface area (TPSA) is 63.8 Å². The smallest absolute Gasteiger partial charge is 0.163 e. The molecule has 25 heavy (non-hydrogen) atoms. The molecule has 0 spiro atoms. The van der Waals surface area contributed by atoms with Gasteiger partial charge in [-0.05, 0) is 24.6 Å². The van der Waals surface area contributed by atoms with E-state index in [9.17, 15) is 8.78 Å². The third-order valence-corrected chi connectivity index (χ3v) is 3.76. The predicted molar refractivity (Wildman–Crippen MR) is 95.4 cm³/mol. The van der Waals surface area contributed by atoms with E-state index in [1.807, 2.05) is 37.3 Å². The maximum atomic E-state index is 13.8. The summed E-state index contributed by atoms with van der Waals surface area (Å²) in [6.07, 6.45) is 2.62. The molecule has 0 fully saturated rings. The minimum atomic E-state index is -0.870. The molecule has 4 nitrogen and oxygen atoms in total. The van der Waals surface area contributed by atoms with Crippen LogP contribution in [-0.4, -0.2) is 9.97 Å². The lowest BCUT2D eigenvalue weighted by atomic mass is 10.1. The molecule has 0 bridgehead atoms. The van der Waals surface area contributed by atoms with Gasteiger partial charge in [-0.3, -0.25) is 0 Å². The van der Waals surface area contributed by atoms with E-state index in [1.54, 1.807) is 0 Å². The maximum Gasteiger partial charge on any atom is 0.163 e. The van der Waals surface area contributed by atoms with Gasteiger partial charge in [0.25, 0.3) is 0 Å². The van der Waals surface area contributed by atoms with Crippen molar-refractivity contribution in [3.63, 3.8) is 0 Å². The van der Waals surface area contributed by atoms with Crippen molar-refractivity contribution in [2.75, 3.05) is 5.73 Å². The molecule has 2 aromatic carbocycles. The number of allylic oxidation sites excluding steroid dienone is 1. The average molecular weight is 340 g/mol. The summed E-state index contributed by atoms with van der Waals surface area (Å²) in [5, 5.41) is 3.10. The first kappa shape index (κ1) is 16.8. The van der Waals surface area contributed by atoms with Crippen LogP contribution in [0.2, 0.25) is 0 Å². The van der Waals surface area contributed by atoms with Gasteiger partial charge in [-0.15, -0.1) is 0 Å². The normalized spacial score (nSPS) is 11.7. The maximum absolute atomic E-state index is 13.8. The highest BCUT2D eigenvalue weighted by Gasteiger charge is 2.13. The Kier molecular flexibility index (Phi) is 4.88. The van der Waals surface area contributed by atoms with Crippen LogP contribution >= 0.6 is 0 Å². The third kappa shape index (κ3) is 3.57. The van der Waals surface area contributed by atoms with E-state index in [1.165, 1.54) is 12.1 Å². The van der Waals surface area contributed by atoms with Gasteiger partial charge in [-0.25, -0.2) is 18.7 Å². The number of para-hydroxylation sites is 2. The molecular formula is C19H18F2N4. The fourth-order valence-electron chi connectivity index (χ4n) is 2.54. The van der Waals surface area contributed by atoms with E-state index < -0.39 is 11.6 Å². The van der Waals surface area contributed by atoms with Crippen molar-refractivity contribution in [2.45, 2.75) is 19.9 Å². The fourth-order valence-corrected chi connectivity index (χ4v) is 2.54. The second-order valence-corrected chi connectivity index (χ2v) is 5.54. The minimum Gasteiger partial charge on any atom is -0.382 e. The van der Waals surface area contributed by atoms with Gasteiger partial charge in [0.05, 0.1) is 16.7 Å². The minimum absolute atomic E-state index is 0.114. The summed E-state index contributed by atoms with van der Waals surface area (Å²) < 4.78 is 27.2. The summed E-state index contributed by atoms with van der Waals surface area (Å²) >= 11 is 0. The van der Waals surface area contributed by atoms with Gasteiger partial charge >= 0.3 is 0 Å². The summed E-state index contributed by atoms with van der Waals surface area (Å²) in [7, 11) is 0. The summed E-state index contributed by atoms with van der Waals surface area (Å²) in [5.41, 5.74) is 8.84. The molecule has 1 heterocycles. The van der Waals surface area contributed by atoms with Crippen LogP contribution in [-0.2, 0) is 6.54 Å². The quantitative estimate of drug-likeness (QED) is 0.736. The Morgan fingerprint density at radius 2 is 1.80 bits per heavy atom. The molecule has 0 radical (unpaired) electrons. The number of nitrogen functional groups attached to an aromatic ring is 1. The van der Waals surface area contributed by atoms with Gasteiger partial charge < -0.3 is 11.1 Å². The van der Waals surface area contributed by atoms with Gasteiger partial charge in [0.1, 0.15) is 5.69 Å². The molecule has 0 saturated heterocycles. The van der Waals surface area contributed by atoms with Crippen molar-refractivity contribution >= 4 is 22.5 Å². The standard InChI is InChI=1S/C19H18F2N4/c1-2-6-16(23-11-12-7-5-8-13(20)17(12)21)18-19(22)25-15-10-4-3-9-14(15)24-18/h3-10,23H,2,11H2,1H3,(H2,22,25)/b16-6+. The molecule has 0 aliphatic rings. The molecule has 0 aliphatic heterocycles. The molecule has 6 heteroatoms. The number of anilines is 1. The van der Waals surface area contributed by atoms with Crippen LogP contribution in [0.15, 0.2) is 48.5 Å². The first-order chi connectivity index (χ1) is 12.1. The summed E-state index contributed by atoms with van der Waals surface area (Å²) in [4.78, 5) is 8.93. The van der Waals surface area contributed by atoms with Crippen molar-refractivity contribution in [3.8, 4) is 0 Å². The molecule has 0 saturated carbocycles. The highest BCUT2D eigenvalue weighted by atomic mass is 19.2. The second kappa shape index (κ2) is 7.25. The number of halogens is 2. The van der Waals surface area contributed by atoms with Crippen molar-refractivity contribution in [2.24, 2.45) is 0 Å². The Balaban J connectivity index is 1.93. The molecule has 128 valence electrons. The molecule has 1 aromatic heterocycles. The number of benzene rings is 2. The number of hydrogen-bond donors (Lipinski definition) is 2. The zero-order chi connectivity index (χ0) is 17.8. The fraction of sp³-hybridized carbons (Fsp3) is 0.158. The SMILES string of the molecule is CC/C=C(/NCc1cccc(F)c1F)c1nc2ccccc2nc1N. The molecular weight excluding hydrogens is 322 g/mol. The summed E-state index contributed by atoms with van der Waals surface area (Å²) in [5.74, 6) is -1.45. The number of fused-ring (bicyclic) bond motifs is 1. The first-order valence-corrected chi connectivity index (χ1v) is 7.99. The zero-order valence-electron chi connectivity index (χ0n) is 13.8. The van der Waals surface area contributed by atoms with Crippen LogP contribution in [0.5, 0.6) is 0 Å². The Labute approximate surface area is 144 Å². The predicted octanol–water partition coefficient (Wildman–Crippen LogP) is 4.03. The van der Waals surface area contributed by atoms with Gasteiger partial charge in [-0.1, -0.05) is 37.3 Å². The lowest BCUT2D eigenvalue weighted by Crippen LogP contribution is -2.16. The number of nitrogens with one attached hydrogen (secondary N) is 1. The van der Waals surface area contributed by atoms with Crippen LogP contribution in [0.3, 0.4) is 0 Å². The largest absolute Gasteiger partial charge is 0.382 e. The van der Waals surface area contributed by atoms with Crippen molar-refractivity contribution in [1.29, 1.82) is 0 Å². The molecule has 0 aliphatic carbocycles. The third-order valence-electron chi connectivity index (χ3n) is 3.76. The van der Waals surface area contributed by atoms with Gasteiger partial charge in [-0.2, -0.15) is 0 Å². The molecule has 3 N–H and O–H groups in total. The Morgan fingerprint density at radius 1 is 1.08 bits per heavy atom. The molecule has 0 amide bonds.